The van der Waals surface area contributed by atoms with E-state index in [1.165, 1.54) is 16.3 Å². The number of hydrogen-bond acceptors (Lipinski definition) is 1. The SMILES string of the molecule is Cc1ccc2ccccc2c1.NC(=O)O. The van der Waals surface area contributed by atoms with Gasteiger partial charge in [0.25, 0.3) is 0 Å². The number of hydrogen-bond donors (Lipinski definition) is 2. The summed E-state index contributed by atoms with van der Waals surface area (Å²) in [7, 11) is 0. The van der Waals surface area contributed by atoms with Crippen LogP contribution < -0.4 is 5.73 Å². The number of carboxylic acid groups (broad SMARTS) is 1. The van der Waals surface area contributed by atoms with Gasteiger partial charge in [0.1, 0.15) is 0 Å². The number of primary amides is 1. The lowest BCUT2D eigenvalue weighted by Gasteiger charge is -1.96. The van der Waals surface area contributed by atoms with Crippen LogP contribution in [0, 0.1) is 6.92 Å². The lowest BCUT2D eigenvalue weighted by Crippen LogP contribution is -2.03. The van der Waals surface area contributed by atoms with Crippen LogP contribution in [0.15, 0.2) is 42.5 Å². The van der Waals surface area contributed by atoms with Gasteiger partial charge >= 0.3 is 6.09 Å². The van der Waals surface area contributed by atoms with Crippen LogP contribution in [0.2, 0.25) is 0 Å². The highest BCUT2D eigenvalue weighted by Crippen LogP contribution is 2.14. The molecule has 1 amide bonds. The zero-order chi connectivity index (χ0) is 11.3. The van der Waals surface area contributed by atoms with Crippen LogP contribution in [-0.2, 0) is 0 Å². The van der Waals surface area contributed by atoms with Gasteiger partial charge in [-0.2, -0.15) is 0 Å². The first-order valence-corrected chi connectivity index (χ1v) is 4.53. The third-order valence-corrected chi connectivity index (χ3v) is 1.90. The molecule has 0 saturated carbocycles. The number of fused-ring (bicyclic) bond motifs is 1. The van der Waals surface area contributed by atoms with Gasteiger partial charge in [-0.05, 0) is 17.7 Å². The van der Waals surface area contributed by atoms with Crippen molar-refractivity contribution in [3.63, 3.8) is 0 Å². The molecule has 0 bridgehead atoms. The Morgan fingerprint density at radius 3 is 2.27 bits per heavy atom. The van der Waals surface area contributed by atoms with E-state index in [1.54, 1.807) is 0 Å². The maximum Gasteiger partial charge on any atom is 0.402 e. The van der Waals surface area contributed by atoms with Crippen LogP contribution in [0.4, 0.5) is 4.79 Å². The van der Waals surface area contributed by atoms with Crippen molar-refractivity contribution in [3.8, 4) is 0 Å². The molecule has 0 atom stereocenters. The monoisotopic (exact) mass is 203 g/mol. The van der Waals surface area contributed by atoms with E-state index < -0.39 is 6.09 Å². The topological polar surface area (TPSA) is 63.3 Å². The number of amides is 1. The molecule has 0 unspecified atom stereocenters. The predicted octanol–water partition coefficient (Wildman–Crippen LogP) is 2.77. The molecule has 0 aromatic heterocycles. The first-order chi connectivity index (χ1) is 7.09. The van der Waals surface area contributed by atoms with E-state index in [0.717, 1.165) is 0 Å². The third kappa shape index (κ3) is 3.68. The van der Waals surface area contributed by atoms with Gasteiger partial charge in [0.2, 0.25) is 0 Å². The molecule has 0 aliphatic heterocycles. The Balaban J connectivity index is 0.000000245. The van der Waals surface area contributed by atoms with Crippen molar-refractivity contribution in [1.29, 1.82) is 0 Å². The normalized spacial score (nSPS) is 9.13. The highest BCUT2D eigenvalue weighted by atomic mass is 16.4. The third-order valence-electron chi connectivity index (χ3n) is 1.90. The minimum Gasteiger partial charge on any atom is -0.465 e. The molecule has 2 aromatic rings. The highest BCUT2D eigenvalue weighted by molar-refractivity contribution is 5.82. The largest absolute Gasteiger partial charge is 0.465 e. The van der Waals surface area contributed by atoms with Crippen LogP contribution in [0.1, 0.15) is 5.56 Å². The van der Waals surface area contributed by atoms with Crippen LogP contribution in [0.5, 0.6) is 0 Å². The van der Waals surface area contributed by atoms with E-state index in [4.69, 9.17) is 9.90 Å². The summed E-state index contributed by atoms with van der Waals surface area (Å²) >= 11 is 0. The molecule has 0 saturated heterocycles. The molecular formula is C12H13NO2. The Hall–Kier alpha value is -2.03. The number of aryl methyl sites for hydroxylation is 1. The van der Waals surface area contributed by atoms with Crippen molar-refractivity contribution >= 4 is 16.9 Å². The van der Waals surface area contributed by atoms with E-state index in [9.17, 15) is 0 Å². The molecule has 0 aliphatic carbocycles. The molecular weight excluding hydrogens is 190 g/mol. The molecule has 0 radical (unpaired) electrons. The smallest absolute Gasteiger partial charge is 0.402 e. The minimum absolute atomic E-state index is 1.32. The first kappa shape index (κ1) is 11.0. The van der Waals surface area contributed by atoms with Gasteiger partial charge in [0.15, 0.2) is 0 Å². The summed E-state index contributed by atoms with van der Waals surface area (Å²) in [6.45, 7) is 2.12. The standard InChI is InChI=1S/C11H10.CH3NO2/c1-9-6-7-10-4-2-3-5-11(10)8-9;2-1(3)4/h2-8H,1H3;2H2,(H,3,4). The zero-order valence-electron chi connectivity index (χ0n) is 8.47. The lowest BCUT2D eigenvalue weighted by atomic mass is 10.1. The van der Waals surface area contributed by atoms with Gasteiger partial charge in [-0.3, -0.25) is 0 Å². The maximum absolute atomic E-state index is 8.78. The Bertz CT molecular complexity index is 462. The van der Waals surface area contributed by atoms with Gasteiger partial charge in [-0.1, -0.05) is 48.0 Å². The van der Waals surface area contributed by atoms with E-state index in [2.05, 4.69) is 55.1 Å². The molecule has 15 heavy (non-hydrogen) atoms. The van der Waals surface area contributed by atoms with Crippen molar-refractivity contribution in [2.24, 2.45) is 5.73 Å². The van der Waals surface area contributed by atoms with E-state index >= 15 is 0 Å². The van der Waals surface area contributed by atoms with Gasteiger partial charge in [0, 0.05) is 0 Å². The van der Waals surface area contributed by atoms with Gasteiger partial charge < -0.3 is 10.8 Å². The molecule has 3 nitrogen and oxygen atoms in total. The quantitative estimate of drug-likeness (QED) is 0.691. The summed E-state index contributed by atoms with van der Waals surface area (Å²) in [5.74, 6) is 0. The highest BCUT2D eigenvalue weighted by Gasteiger charge is 1.89. The number of rotatable bonds is 0. The fourth-order valence-corrected chi connectivity index (χ4v) is 1.31. The van der Waals surface area contributed by atoms with Crippen molar-refractivity contribution in [2.45, 2.75) is 6.92 Å². The van der Waals surface area contributed by atoms with Crippen molar-refractivity contribution in [1.82, 2.24) is 0 Å². The molecule has 0 aliphatic rings. The number of benzene rings is 2. The average Bonchev–Trinajstić information content (AvgIpc) is 2.16. The molecule has 0 spiro atoms. The first-order valence-electron chi connectivity index (χ1n) is 4.53. The maximum atomic E-state index is 8.78. The Kier molecular flexibility index (Phi) is 3.68. The molecule has 3 N–H and O–H groups in total. The molecule has 2 aromatic carbocycles. The molecule has 0 fully saturated rings. The minimum atomic E-state index is -1.33. The van der Waals surface area contributed by atoms with Crippen LogP contribution >= 0.6 is 0 Å². The fraction of sp³-hybridized carbons (Fsp3) is 0.0833. The number of nitrogens with two attached hydrogens (primary N) is 1. The summed E-state index contributed by atoms with van der Waals surface area (Å²) in [5, 5.41) is 9.84. The average molecular weight is 203 g/mol. The molecule has 3 heteroatoms. The summed E-state index contributed by atoms with van der Waals surface area (Å²) in [5.41, 5.74) is 5.35. The summed E-state index contributed by atoms with van der Waals surface area (Å²) in [4.78, 5) is 8.78. The summed E-state index contributed by atoms with van der Waals surface area (Å²) in [6, 6.07) is 14.9. The summed E-state index contributed by atoms with van der Waals surface area (Å²) < 4.78 is 0. The van der Waals surface area contributed by atoms with Gasteiger partial charge in [0.05, 0.1) is 0 Å². The fourth-order valence-electron chi connectivity index (χ4n) is 1.31. The van der Waals surface area contributed by atoms with Crippen molar-refractivity contribution < 1.29 is 9.90 Å². The van der Waals surface area contributed by atoms with Crippen LogP contribution in [0.3, 0.4) is 0 Å². The second-order valence-corrected chi connectivity index (χ2v) is 3.19. The second kappa shape index (κ2) is 5.00. The molecule has 78 valence electrons. The van der Waals surface area contributed by atoms with E-state index in [0.29, 0.717) is 0 Å². The zero-order valence-corrected chi connectivity index (χ0v) is 8.47. The van der Waals surface area contributed by atoms with Crippen LogP contribution in [-0.4, -0.2) is 11.2 Å². The Morgan fingerprint density at radius 2 is 1.67 bits per heavy atom. The Labute approximate surface area is 88.1 Å². The van der Waals surface area contributed by atoms with Crippen molar-refractivity contribution in [2.75, 3.05) is 0 Å². The van der Waals surface area contributed by atoms with Gasteiger partial charge in [-0.15, -0.1) is 0 Å². The molecule has 2 rings (SSSR count). The van der Waals surface area contributed by atoms with E-state index in [-0.39, 0.29) is 0 Å². The van der Waals surface area contributed by atoms with E-state index in [1.807, 2.05) is 0 Å². The second-order valence-electron chi connectivity index (χ2n) is 3.19. The summed E-state index contributed by atoms with van der Waals surface area (Å²) in [6.07, 6.45) is -1.33. The lowest BCUT2D eigenvalue weighted by molar-refractivity contribution is 0.205. The Morgan fingerprint density at radius 1 is 1.13 bits per heavy atom. The van der Waals surface area contributed by atoms with Crippen molar-refractivity contribution in [3.05, 3.63) is 48.0 Å². The predicted molar refractivity (Wildman–Crippen MR) is 60.9 cm³/mol. The van der Waals surface area contributed by atoms with Gasteiger partial charge in [-0.25, -0.2) is 4.79 Å². The number of carbonyl (C=O) groups is 1. The molecule has 0 heterocycles. The van der Waals surface area contributed by atoms with Crippen LogP contribution in [0.25, 0.3) is 10.8 Å².